The van der Waals surface area contributed by atoms with Gasteiger partial charge in [-0.05, 0) is 44.2 Å². The molecule has 1 aromatic rings. The third-order valence-corrected chi connectivity index (χ3v) is 4.04. The van der Waals surface area contributed by atoms with Crippen LogP contribution in [0.5, 0.6) is 0 Å². The number of carbonyl (C=O) groups excluding carboxylic acids is 1. The molecule has 0 fully saturated rings. The summed E-state index contributed by atoms with van der Waals surface area (Å²) in [6, 6.07) is 2.06. The lowest BCUT2D eigenvalue weighted by Crippen LogP contribution is -2.34. The summed E-state index contributed by atoms with van der Waals surface area (Å²) in [7, 11) is 0. The maximum Gasteiger partial charge on any atom is 0.261 e. The minimum atomic E-state index is 0.0125. The van der Waals surface area contributed by atoms with Crippen LogP contribution in [0.3, 0.4) is 0 Å². The lowest BCUT2D eigenvalue weighted by Gasteiger charge is -2.08. The summed E-state index contributed by atoms with van der Waals surface area (Å²) in [5, 5.41) is 2.85. The Morgan fingerprint density at radius 1 is 1.56 bits per heavy atom. The monoisotopic (exact) mass is 238 g/mol. The van der Waals surface area contributed by atoms with E-state index in [1.807, 2.05) is 6.92 Å². The molecule has 3 N–H and O–H groups in total. The molecule has 1 atom stereocenters. The quantitative estimate of drug-likeness (QED) is 0.842. The summed E-state index contributed by atoms with van der Waals surface area (Å²) in [6.07, 6.45) is 4.78. The number of nitrogens with two attached hydrogens (primary N) is 1. The fourth-order valence-electron chi connectivity index (χ4n) is 1.94. The number of thiophene rings is 1. The van der Waals surface area contributed by atoms with Crippen molar-refractivity contribution >= 4 is 17.2 Å². The average Bonchev–Trinajstić information content (AvgIpc) is 2.69. The zero-order valence-corrected chi connectivity index (χ0v) is 10.4. The van der Waals surface area contributed by atoms with E-state index in [9.17, 15) is 4.79 Å². The van der Waals surface area contributed by atoms with Crippen molar-refractivity contribution in [2.75, 3.05) is 6.54 Å². The lowest BCUT2D eigenvalue weighted by atomic mass is 9.99. The molecule has 0 spiro atoms. The number of hydrogen-bond acceptors (Lipinski definition) is 3. The van der Waals surface area contributed by atoms with Gasteiger partial charge in [0.05, 0.1) is 4.88 Å². The first-order valence-electron chi connectivity index (χ1n) is 5.82. The van der Waals surface area contributed by atoms with E-state index in [0.717, 1.165) is 17.7 Å². The Morgan fingerprint density at radius 2 is 2.31 bits per heavy atom. The van der Waals surface area contributed by atoms with Gasteiger partial charge in [0.1, 0.15) is 0 Å². The van der Waals surface area contributed by atoms with Gasteiger partial charge in [0.2, 0.25) is 0 Å². The van der Waals surface area contributed by atoms with Crippen LogP contribution in [0.15, 0.2) is 6.07 Å². The standard InChI is InChI=1S/C12H18N2OS/c1-8(13)7-14-12(15)11-6-9-4-2-3-5-10(9)16-11/h6,8H,2-5,7,13H2,1H3,(H,14,15). The van der Waals surface area contributed by atoms with Gasteiger partial charge in [0, 0.05) is 17.5 Å². The normalized spacial score (nSPS) is 16.6. The second-order valence-corrected chi connectivity index (χ2v) is 5.59. The molecule has 0 bridgehead atoms. The molecule has 1 aromatic heterocycles. The molecule has 1 unspecified atom stereocenters. The molecule has 1 aliphatic rings. The highest BCUT2D eigenvalue weighted by Crippen LogP contribution is 2.29. The predicted molar refractivity (Wildman–Crippen MR) is 66.9 cm³/mol. The molecule has 1 aliphatic carbocycles. The Labute approximate surface area is 100 Å². The largest absolute Gasteiger partial charge is 0.350 e. The van der Waals surface area contributed by atoms with Crippen molar-refractivity contribution < 1.29 is 4.79 Å². The van der Waals surface area contributed by atoms with E-state index >= 15 is 0 Å². The van der Waals surface area contributed by atoms with E-state index < -0.39 is 0 Å². The average molecular weight is 238 g/mol. The number of nitrogens with one attached hydrogen (secondary N) is 1. The number of rotatable bonds is 3. The Morgan fingerprint density at radius 3 is 3.00 bits per heavy atom. The number of carbonyl (C=O) groups is 1. The Bertz CT molecular complexity index is 361. The fourth-order valence-corrected chi connectivity index (χ4v) is 3.11. The van der Waals surface area contributed by atoms with Gasteiger partial charge in [0.25, 0.3) is 5.91 Å². The molecular formula is C12H18N2OS. The summed E-state index contributed by atoms with van der Waals surface area (Å²) >= 11 is 1.64. The Hall–Kier alpha value is -0.870. The van der Waals surface area contributed by atoms with Gasteiger partial charge in [0.15, 0.2) is 0 Å². The second kappa shape index (κ2) is 4.97. The smallest absolute Gasteiger partial charge is 0.261 e. The molecule has 0 aromatic carbocycles. The first-order chi connectivity index (χ1) is 7.66. The highest BCUT2D eigenvalue weighted by Gasteiger charge is 2.16. The van der Waals surface area contributed by atoms with E-state index in [-0.39, 0.29) is 11.9 Å². The van der Waals surface area contributed by atoms with Gasteiger partial charge in [-0.1, -0.05) is 0 Å². The van der Waals surface area contributed by atoms with E-state index in [0.29, 0.717) is 6.54 Å². The molecule has 0 saturated carbocycles. The van der Waals surface area contributed by atoms with Gasteiger partial charge >= 0.3 is 0 Å². The molecule has 1 heterocycles. The molecule has 1 amide bonds. The highest BCUT2D eigenvalue weighted by atomic mass is 32.1. The van der Waals surface area contributed by atoms with Gasteiger partial charge in [-0.15, -0.1) is 11.3 Å². The van der Waals surface area contributed by atoms with E-state index in [1.165, 1.54) is 23.3 Å². The maximum absolute atomic E-state index is 11.8. The van der Waals surface area contributed by atoms with E-state index in [2.05, 4.69) is 11.4 Å². The zero-order chi connectivity index (χ0) is 11.5. The van der Waals surface area contributed by atoms with Crippen LogP contribution in [0.2, 0.25) is 0 Å². The third-order valence-electron chi connectivity index (χ3n) is 2.80. The summed E-state index contributed by atoms with van der Waals surface area (Å²) in [6.45, 7) is 2.43. The van der Waals surface area contributed by atoms with Gasteiger partial charge < -0.3 is 11.1 Å². The Balaban J connectivity index is 2.03. The summed E-state index contributed by atoms with van der Waals surface area (Å²) < 4.78 is 0. The first kappa shape index (κ1) is 11.6. The molecule has 3 nitrogen and oxygen atoms in total. The van der Waals surface area contributed by atoms with Crippen LogP contribution in [0.4, 0.5) is 0 Å². The fraction of sp³-hybridized carbons (Fsp3) is 0.583. The van der Waals surface area contributed by atoms with Crippen LogP contribution in [-0.2, 0) is 12.8 Å². The number of fused-ring (bicyclic) bond motifs is 1. The van der Waals surface area contributed by atoms with Crippen LogP contribution in [-0.4, -0.2) is 18.5 Å². The van der Waals surface area contributed by atoms with Crippen LogP contribution >= 0.6 is 11.3 Å². The zero-order valence-electron chi connectivity index (χ0n) is 9.58. The van der Waals surface area contributed by atoms with Crippen molar-refractivity contribution in [3.63, 3.8) is 0 Å². The van der Waals surface area contributed by atoms with Crippen LogP contribution < -0.4 is 11.1 Å². The molecule has 0 aliphatic heterocycles. The molecular weight excluding hydrogens is 220 g/mol. The molecule has 88 valence electrons. The highest BCUT2D eigenvalue weighted by molar-refractivity contribution is 7.14. The van der Waals surface area contributed by atoms with Crippen molar-refractivity contribution in [3.05, 3.63) is 21.4 Å². The molecule has 4 heteroatoms. The minimum absolute atomic E-state index is 0.0125. The topological polar surface area (TPSA) is 55.1 Å². The maximum atomic E-state index is 11.8. The van der Waals surface area contributed by atoms with Crippen molar-refractivity contribution in [3.8, 4) is 0 Å². The van der Waals surface area contributed by atoms with Gasteiger partial charge in [-0.25, -0.2) is 0 Å². The van der Waals surface area contributed by atoms with Gasteiger partial charge in [-0.3, -0.25) is 4.79 Å². The van der Waals surface area contributed by atoms with Crippen LogP contribution in [0.25, 0.3) is 0 Å². The molecule has 0 radical (unpaired) electrons. The third kappa shape index (κ3) is 2.62. The lowest BCUT2D eigenvalue weighted by molar-refractivity contribution is 0.0955. The first-order valence-corrected chi connectivity index (χ1v) is 6.64. The number of hydrogen-bond donors (Lipinski definition) is 2. The van der Waals surface area contributed by atoms with Crippen molar-refractivity contribution in [2.45, 2.75) is 38.6 Å². The summed E-state index contributed by atoms with van der Waals surface area (Å²) in [5.41, 5.74) is 6.98. The second-order valence-electron chi connectivity index (χ2n) is 4.45. The summed E-state index contributed by atoms with van der Waals surface area (Å²) in [5.74, 6) is 0.0247. The molecule has 2 rings (SSSR count). The molecule has 16 heavy (non-hydrogen) atoms. The van der Waals surface area contributed by atoms with Crippen LogP contribution in [0.1, 0.15) is 39.9 Å². The molecule has 0 saturated heterocycles. The predicted octanol–water partition coefficient (Wildman–Crippen LogP) is 1.70. The van der Waals surface area contributed by atoms with Gasteiger partial charge in [-0.2, -0.15) is 0 Å². The Kier molecular flexibility index (Phi) is 3.61. The van der Waals surface area contributed by atoms with Crippen molar-refractivity contribution in [1.82, 2.24) is 5.32 Å². The van der Waals surface area contributed by atoms with Crippen molar-refractivity contribution in [1.29, 1.82) is 0 Å². The van der Waals surface area contributed by atoms with E-state index in [1.54, 1.807) is 11.3 Å². The summed E-state index contributed by atoms with van der Waals surface area (Å²) in [4.78, 5) is 14.1. The minimum Gasteiger partial charge on any atom is -0.350 e. The SMILES string of the molecule is CC(N)CNC(=O)c1cc2c(s1)CCCC2. The van der Waals surface area contributed by atoms with E-state index in [4.69, 9.17) is 5.73 Å². The van der Waals surface area contributed by atoms with Crippen molar-refractivity contribution in [2.24, 2.45) is 5.73 Å². The number of aryl methyl sites for hydroxylation is 2. The van der Waals surface area contributed by atoms with Crippen LogP contribution in [0, 0.1) is 0 Å². The number of amides is 1.